The van der Waals surface area contributed by atoms with Gasteiger partial charge in [0.05, 0.1) is 0 Å². The molecule has 2 N–H and O–H groups in total. The number of carbonyl (C=O) groups is 1. The number of aromatic amines is 1. The van der Waals surface area contributed by atoms with Crippen molar-refractivity contribution in [3.05, 3.63) is 42.7 Å². The number of pyridine rings is 1. The van der Waals surface area contributed by atoms with Crippen LogP contribution >= 0.6 is 0 Å². The number of esters is 1. The summed E-state index contributed by atoms with van der Waals surface area (Å²) >= 11 is 0. The van der Waals surface area contributed by atoms with Crippen LogP contribution in [0.15, 0.2) is 42.7 Å². The Morgan fingerprint density at radius 3 is 2.17 bits per heavy atom. The number of hydrogen-bond donors (Lipinski definition) is 1. The molecule has 100 valence electrons. The van der Waals surface area contributed by atoms with Crippen molar-refractivity contribution in [2.24, 2.45) is 0 Å². The van der Waals surface area contributed by atoms with E-state index >= 15 is 0 Å². The quantitative estimate of drug-likeness (QED) is 0.490. The van der Waals surface area contributed by atoms with Gasteiger partial charge in [0.2, 0.25) is 0 Å². The molecule has 1 aromatic heterocycles. The van der Waals surface area contributed by atoms with Gasteiger partial charge in [-0.2, -0.15) is 8.42 Å². The summed E-state index contributed by atoms with van der Waals surface area (Å²) in [5.41, 5.74) is 0.185. The molecule has 0 aliphatic carbocycles. The number of hydrogen-bond acceptors (Lipinski definition) is 4. The van der Waals surface area contributed by atoms with Crippen LogP contribution in [0.1, 0.15) is 6.92 Å². The van der Waals surface area contributed by atoms with Crippen molar-refractivity contribution in [1.29, 1.82) is 0 Å². The van der Waals surface area contributed by atoms with Gasteiger partial charge >= 0.3 is 5.97 Å². The maximum atomic E-state index is 10.6. The maximum absolute atomic E-state index is 10.6. The summed E-state index contributed by atoms with van der Waals surface area (Å²) in [7, 11) is -4.05. The first kappa shape index (κ1) is 16.3. The van der Waals surface area contributed by atoms with Crippen LogP contribution in [-0.2, 0) is 19.6 Å². The van der Waals surface area contributed by atoms with Crippen molar-refractivity contribution >= 4 is 16.1 Å². The molecule has 1 heterocycles. The SMILES string of the molecule is C=C(C)C(=O)OCCS(=O)(=O)O.c1cc[nH+]cc1. The van der Waals surface area contributed by atoms with Gasteiger partial charge in [-0.3, -0.25) is 4.55 Å². The van der Waals surface area contributed by atoms with Crippen molar-refractivity contribution in [1.82, 2.24) is 0 Å². The second-order valence-corrected chi connectivity index (χ2v) is 4.85. The van der Waals surface area contributed by atoms with Crippen LogP contribution in [0.5, 0.6) is 0 Å². The van der Waals surface area contributed by atoms with Crippen molar-refractivity contribution in [3.8, 4) is 0 Å². The molecule has 0 bridgehead atoms. The van der Waals surface area contributed by atoms with E-state index in [1.807, 2.05) is 30.6 Å². The molecule has 0 spiro atoms. The molecule has 0 atom stereocenters. The molecule has 0 radical (unpaired) electrons. The van der Waals surface area contributed by atoms with E-state index in [9.17, 15) is 13.2 Å². The molecule has 0 saturated heterocycles. The highest BCUT2D eigenvalue weighted by Crippen LogP contribution is 1.92. The molecular formula is C11H16NO5S+. The minimum Gasteiger partial charge on any atom is -0.461 e. The normalized spacial score (nSPS) is 9.89. The van der Waals surface area contributed by atoms with Crippen LogP contribution in [0.3, 0.4) is 0 Å². The molecule has 0 amide bonds. The molecular weight excluding hydrogens is 258 g/mol. The van der Waals surface area contributed by atoms with Crippen molar-refractivity contribution in [2.45, 2.75) is 6.92 Å². The number of aromatic nitrogens is 1. The van der Waals surface area contributed by atoms with E-state index in [0.29, 0.717) is 0 Å². The monoisotopic (exact) mass is 274 g/mol. The summed E-state index contributed by atoms with van der Waals surface area (Å²) in [5.74, 6) is -1.26. The zero-order valence-corrected chi connectivity index (χ0v) is 10.8. The molecule has 0 unspecified atom stereocenters. The first-order valence-corrected chi connectivity index (χ1v) is 6.62. The first-order valence-electron chi connectivity index (χ1n) is 5.02. The van der Waals surface area contributed by atoms with Crippen LogP contribution in [0.4, 0.5) is 0 Å². The van der Waals surface area contributed by atoms with Crippen LogP contribution in [0.2, 0.25) is 0 Å². The Morgan fingerprint density at radius 1 is 1.33 bits per heavy atom. The third kappa shape index (κ3) is 10.8. The first-order chi connectivity index (χ1) is 8.33. The summed E-state index contributed by atoms with van der Waals surface area (Å²) in [6, 6.07) is 5.86. The fourth-order valence-corrected chi connectivity index (χ4v) is 0.999. The van der Waals surface area contributed by atoms with Gasteiger partial charge in [0, 0.05) is 17.7 Å². The van der Waals surface area contributed by atoms with Crippen LogP contribution in [0.25, 0.3) is 0 Å². The smallest absolute Gasteiger partial charge is 0.333 e. The number of H-pyrrole nitrogens is 1. The summed E-state index contributed by atoms with van der Waals surface area (Å²) in [6.45, 7) is 4.37. The zero-order valence-electron chi connectivity index (χ0n) is 10.00. The molecule has 18 heavy (non-hydrogen) atoms. The lowest BCUT2D eigenvalue weighted by atomic mass is 10.4. The summed E-state index contributed by atoms with van der Waals surface area (Å²) < 4.78 is 32.9. The van der Waals surface area contributed by atoms with E-state index in [1.54, 1.807) is 0 Å². The largest absolute Gasteiger partial charge is 0.461 e. The highest BCUT2D eigenvalue weighted by molar-refractivity contribution is 7.85. The molecule has 1 aromatic rings. The topological polar surface area (TPSA) is 94.8 Å². The predicted molar refractivity (Wildman–Crippen MR) is 65.2 cm³/mol. The molecule has 0 saturated carbocycles. The summed E-state index contributed by atoms with van der Waals surface area (Å²) in [5, 5.41) is 0. The molecule has 0 aromatic carbocycles. The van der Waals surface area contributed by atoms with Gasteiger partial charge in [0.1, 0.15) is 12.4 Å². The van der Waals surface area contributed by atoms with Gasteiger partial charge < -0.3 is 4.74 Å². The third-order valence-corrected chi connectivity index (χ3v) is 2.21. The Labute approximate surface area is 106 Å². The summed E-state index contributed by atoms with van der Waals surface area (Å²) in [6.07, 6.45) is 3.75. The van der Waals surface area contributed by atoms with Gasteiger partial charge in [-0.05, 0) is 6.92 Å². The fourth-order valence-electron chi connectivity index (χ4n) is 0.705. The Kier molecular flexibility index (Phi) is 7.57. The van der Waals surface area contributed by atoms with Gasteiger partial charge in [-0.15, -0.1) is 0 Å². The highest BCUT2D eigenvalue weighted by atomic mass is 32.2. The lowest BCUT2D eigenvalue weighted by Crippen LogP contribution is -2.14. The van der Waals surface area contributed by atoms with Crippen LogP contribution < -0.4 is 4.98 Å². The predicted octanol–water partition coefficient (Wildman–Crippen LogP) is 0.494. The minimum atomic E-state index is -4.05. The molecule has 1 rings (SSSR count). The Hall–Kier alpha value is -1.73. The minimum absolute atomic E-state index is 0.185. The van der Waals surface area contributed by atoms with Crippen molar-refractivity contribution in [2.75, 3.05) is 12.4 Å². The molecule has 6 nitrogen and oxygen atoms in total. The van der Waals surface area contributed by atoms with E-state index in [4.69, 9.17) is 4.55 Å². The van der Waals surface area contributed by atoms with Crippen molar-refractivity contribution in [3.63, 3.8) is 0 Å². The van der Waals surface area contributed by atoms with E-state index in [1.165, 1.54) is 6.92 Å². The Morgan fingerprint density at radius 2 is 1.89 bits per heavy atom. The summed E-state index contributed by atoms with van der Waals surface area (Å²) in [4.78, 5) is 13.5. The number of rotatable bonds is 4. The molecule has 0 aliphatic heterocycles. The van der Waals surface area contributed by atoms with Crippen LogP contribution in [0, 0.1) is 0 Å². The average Bonchev–Trinajstić information content (AvgIpc) is 2.30. The highest BCUT2D eigenvalue weighted by Gasteiger charge is 2.07. The lowest BCUT2D eigenvalue weighted by molar-refractivity contribution is -0.377. The molecule has 0 fully saturated rings. The Bertz CT molecular complexity index is 443. The van der Waals surface area contributed by atoms with Gasteiger partial charge in [0.25, 0.3) is 10.1 Å². The average molecular weight is 274 g/mol. The van der Waals surface area contributed by atoms with Gasteiger partial charge in [-0.25, -0.2) is 9.78 Å². The standard InChI is InChI=1S/C6H10O5S.C5H5N/c1-5(2)6(7)11-3-4-12(8,9)10;1-2-4-6-5-3-1/h1,3-4H2,2H3,(H,8,9,10);1-5H/p+1. The van der Waals surface area contributed by atoms with E-state index in [0.717, 1.165) is 0 Å². The van der Waals surface area contributed by atoms with Gasteiger partial charge in [-0.1, -0.05) is 12.6 Å². The van der Waals surface area contributed by atoms with E-state index in [-0.39, 0.29) is 12.2 Å². The number of carbonyl (C=O) groups excluding carboxylic acids is 1. The van der Waals surface area contributed by atoms with E-state index in [2.05, 4.69) is 16.3 Å². The second kappa shape index (κ2) is 8.37. The van der Waals surface area contributed by atoms with E-state index < -0.39 is 21.8 Å². The van der Waals surface area contributed by atoms with Crippen LogP contribution in [-0.4, -0.2) is 31.3 Å². The molecule has 7 heteroatoms. The van der Waals surface area contributed by atoms with Gasteiger partial charge in [0.15, 0.2) is 12.4 Å². The Balaban J connectivity index is 0.000000397. The van der Waals surface area contributed by atoms with Crippen molar-refractivity contribution < 1.29 is 27.5 Å². The molecule has 0 aliphatic rings. The lowest BCUT2D eigenvalue weighted by Gasteiger charge is -2.01. The zero-order chi connectivity index (χ0) is 14.0. The number of nitrogens with one attached hydrogen (secondary N) is 1. The third-order valence-electron chi connectivity index (χ3n) is 1.53. The maximum Gasteiger partial charge on any atom is 0.333 e. The fraction of sp³-hybridized carbons (Fsp3) is 0.273. The second-order valence-electron chi connectivity index (χ2n) is 3.28. The number of ether oxygens (including phenoxy) is 1.